The molecule has 0 saturated carbocycles. The molecule has 0 heterocycles. The molecule has 6 rings (SSSR count). The normalized spacial score (nSPS) is 12.0. The van der Waals surface area contributed by atoms with Gasteiger partial charge in [0.15, 0.2) is 0 Å². The molecule has 0 radical (unpaired) electrons. The minimum absolute atomic E-state index is 0.879. The van der Waals surface area contributed by atoms with Crippen LogP contribution in [0.4, 0.5) is 0 Å². The number of benzene rings is 6. The quantitative estimate of drug-likeness (QED) is 0.186. The van der Waals surface area contributed by atoms with E-state index in [1.54, 1.807) is 26.0 Å². The molecule has 0 fully saturated rings. The SMILES string of the molecule is COc1c2ccccc2c(OC)c2cc(Sc3ccc(S(C)(c4ccccc4)c4ccccc4)cc3)ccc12. The predicted octanol–water partition coefficient (Wildman–Crippen LogP) is 10.1. The van der Waals surface area contributed by atoms with Gasteiger partial charge in [0.25, 0.3) is 0 Å². The molecular weight excluding hydrogens is 517 g/mol. The van der Waals surface area contributed by atoms with Crippen LogP contribution in [0.2, 0.25) is 0 Å². The third-order valence-corrected chi connectivity index (χ3v) is 11.9. The van der Waals surface area contributed by atoms with Crippen LogP contribution < -0.4 is 9.47 Å². The molecule has 0 aliphatic carbocycles. The van der Waals surface area contributed by atoms with E-state index in [1.165, 1.54) is 19.6 Å². The summed E-state index contributed by atoms with van der Waals surface area (Å²) in [6.45, 7) is 0. The predicted molar refractivity (Wildman–Crippen MR) is 166 cm³/mol. The second-order valence-corrected chi connectivity index (χ2v) is 13.8. The summed E-state index contributed by atoms with van der Waals surface area (Å²) in [7, 11) is 2.11. The Bertz CT molecular complexity index is 1710. The van der Waals surface area contributed by atoms with E-state index in [1.807, 2.05) is 12.1 Å². The van der Waals surface area contributed by atoms with Crippen LogP contribution in [0, 0.1) is 0 Å². The first-order valence-electron chi connectivity index (χ1n) is 12.9. The third kappa shape index (κ3) is 4.54. The number of methoxy groups -OCH3 is 2. The Balaban J connectivity index is 1.38. The molecular formula is C35H30O2S2. The topological polar surface area (TPSA) is 18.5 Å². The fourth-order valence-electron chi connectivity index (χ4n) is 5.29. The van der Waals surface area contributed by atoms with Gasteiger partial charge in [-0.2, -0.15) is 10.0 Å². The van der Waals surface area contributed by atoms with Gasteiger partial charge in [-0.1, -0.05) is 72.4 Å². The van der Waals surface area contributed by atoms with Crippen molar-refractivity contribution in [2.24, 2.45) is 0 Å². The summed E-state index contributed by atoms with van der Waals surface area (Å²) in [4.78, 5) is 6.43. The van der Waals surface area contributed by atoms with E-state index < -0.39 is 10.0 Å². The van der Waals surface area contributed by atoms with Crippen LogP contribution in [0.3, 0.4) is 0 Å². The summed E-state index contributed by atoms with van der Waals surface area (Å²) < 4.78 is 11.8. The van der Waals surface area contributed by atoms with Crippen molar-refractivity contribution in [3.63, 3.8) is 0 Å². The molecule has 194 valence electrons. The van der Waals surface area contributed by atoms with E-state index in [9.17, 15) is 0 Å². The molecule has 0 aliphatic heterocycles. The fourth-order valence-corrected chi connectivity index (χ4v) is 9.05. The van der Waals surface area contributed by atoms with Gasteiger partial charge in [-0.3, -0.25) is 0 Å². The third-order valence-electron chi connectivity index (χ3n) is 7.26. The average Bonchev–Trinajstić information content (AvgIpc) is 3.00. The molecule has 0 spiro atoms. The summed E-state index contributed by atoms with van der Waals surface area (Å²) in [6.07, 6.45) is 2.40. The van der Waals surface area contributed by atoms with Gasteiger partial charge in [-0.25, -0.2) is 0 Å². The molecule has 0 amide bonds. The largest absolute Gasteiger partial charge is 0.495 e. The van der Waals surface area contributed by atoms with Gasteiger partial charge in [0.1, 0.15) is 11.5 Å². The minimum Gasteiger partial charge on any atom is -0.495 e. The van der Waals surface area contributed by atoms with Gasteiger partial charge >= 0.3 is 0 Å². The molecule has 0 unspecified atom stereocenters. The molecule has 0 N–H and O–H groups in total. The number of rotatable bonds is 7. The average molecular weight is 547 g/mol. The number of fused-ring (bicyclic) bond motifs is 2. The fraction of sp³-hybridized carbons (Fsp3) is 0.0857. The molecule has 0 bridgehead atoms. The Kier molecular flexibility index (Phi) is 6.99. The molecule has 0 atom stereocenters. The zero-order chi connectivity index (χ0) is 26.8. The van der Waals surface area contributed by atoms with Crippen LogP contribution in [-0.4, -0.2) is 20.5 Å². The standard InChI is InChI=1S/C35H30O2S2/c1-36-34-30-16-10-11-17-31(30)35(37-2)33-24-26(20-23-32(33)34)38-25-18-21-29(22-19-25)39(3,27-12-6-4-7-13-27)28-14-8-5-9-15-28/h4-24H,1-3H3. The lowest BCUT2D eigenvalue weighted by Crippen LogP contribution is -2.01. The first kappa shape index (κ1) is 25.4. The van der Waals surface area contributed by atoms with Gasteiger partial charge in [-0.05, 0) is 87.7 Å². The zero-order valence-electron chi connectivity index (χ0n) is 22.3. The molecule has 6 aromatic rings. The highest BCUT2D eigenvalue weighted by Gasteiger charge is 2.25. The number of hydrogen-bond donors (Lipinski definition) is 0. The highest BCUT2D eigenvalue weighted by atomic mass is 32.3. The van der Waals surface area contributed by atoms with Crippen molar-refractivity contribution in [2.45, 2.75) is 24.5 Å². The molecule has 4 heteroatoms. The lowest BCUT2D eigenvalue weighted by molar-refractivity contribution is 0.417. The second-order valence-electron chi connectivity index (χ2n) is 9.44. The van der Waals surface area contributed by atoms with E-state index >= 15 is 0 Å². The lowest BCUT2D eigenvalue weighted by atomic mass is 10.0. The van der Waals surface area contributed by atoms with Crippen LogP contribution in [-0.2, 0) is 0 Å². The van der Waals surface area contributed by atoms with Crippen molar-refractivity contribution in [2.75, 3.05) is 20.5 Å². The van der Waals surface area contributed by atoms with Crippen LogP contribution in [0.5, 0.6) is 11.5 Å². The Hall–Kier alpha value is -3.86. The summed E-state index contributed by atoms with van der Waals surface area (Å²) >= 11 is 1.76. The summed E-state index contributed by atoms with van der Waals surface area (Å²) in [5, 5.41) is 4.22. The van der Waals surface area contributed by atoms with Crippen molar-refractivity contribution in [1.29, 1.82) is 0 Å². The Labute approximate surface area is 235 Å². The van der Waals surface area contributed by atoms with E-state index in [-0.39, 0.29) is 0 Å². The molecule has 6 aromatic carbocycles. The Morgan fingerprint density at radius 3 is 1.44 bits per heavy atom. The maximum Gasteiger partial charge on any atom is 0.134 e. The first-order valence-corrected chi connectivity index (χ1v) is 15.7. The van der Waals surface area contributed by atoms with Crippen molar-refractivity contribution < 1.29 is 9.47 Å². The summed E-state index contributed by atoms with van der Waals surface area (Å²) in [5.41, 5.74) is 0. The monoisotopic (exact) mass is 546 g/mol. The van der Waals surface area contributed by atoms with Gasteiger partial charge < -0.3 is 9.47 Å². The molecule has 0 saturated heterocycles. The molecule has 0 aliphatic rings. The van der Waals surface area contributed by atoms with E-state index in [2.05, 4.69) is 122 Å². The van der Waals surface area contributed by atoms with E-state index in [0.717, 1.165) is 37.9 Å². The second kappa shape index (κ2) is 10.7. The van der Waals surface area contributed by atoms with Gasteiger partial charge in [0, 0.05) is 31.3 Å². The highest BCUT2D eigenvalue weighted by Crippen LogP contribution is 2.65. The van der Waals surface area contributed by atoms with Gasteiger partial charge in [-0.15, -0.1) is 0 Å². The van der Waals surface area contributed by atoms with Crippen LogP contribution >= 0.6 is 21.8 Å². The maximum absolute atomic E-state index is 5.92. The number of ether oxygens (including phenoxy) is 2. The van der Waals surface area contributed by atoms with Gasteiger partial charge in [0.05, 0.1) is 14.2 Å². The number of hydrogen-bond acceptors (Lipinski definition) is 3. The van der Waals surface area contributed by atoms with Crippen molar-refractivity contribution in [3.05, 3.63) is 127 Å². The maximum atomic E-state index is 5.92. The minimum atomic E-state index is -1.37. The van der Waals surface area contributed by atoms with E-state index in [0.29, 0.717) is 0 Å². The Morgan fingerprint density at radius 1 is 0.462 bits per heavy atom. The molecule has 2 nitrogen and oxygen atoms in total. The lowest BCUT2D eigenvalue weighted by Gasteiger charge is -2.37. The van der Waals surface area contributed by atoms with Crippen LogP contribution in [0.15, 0.2) is 152 Å². The Morgan fingerprint density at radius 2 is 0.897 bits per heavy atom. The van der Waals surface area contributed by atoms with Crippen LogP contribution in [0.1, 0.15) is 0 Å². The van der Waals surface area contributed by atoms with Crippen molar-refractivity contribution in [3.8, 4) is 11.5 Å². The summed E-state index contributed by atoms with van der Waals surface area (Å²) in [6, 6.07) is 45.6. The smallest absolute Gasteiger partial charge is 0.134 e. The first-order chi connectivity index (χ1) is 19.1. The summed E-state index contributed by atoms with van der Waals surface area (Å²) in [5.74, 6) is 1.76. The van der Waals surface area contributed by atoms with Crippen molar-refractivity contribution >= 4 is 43.3 Å². The molecule has 0 aromatic heterocycles. The van der Waals surface area contributed by atoms with Crippen molar-refractivity contribution in [1.82, 2.24) is 0 Å². The van der Waals surface area contributed by atoms with Gasteiger partial charge in [0.2, 0.25) is 0 Å². The zero-order valence-corrected chi connectivity index (χ0v) is 23.9. The molecule has 39 heavy (non-hydrogen) atoms. The highest BCUT2D eigenvalue weighted by molar-refractivity contribution is 8.33. The van der Waals surface area contributed by atoms with E-state index in [4.69, 9.17) is 9.47 Å². The van der Waals surface area contributed by atoms with Crippen LogP contribution in [0.25, 0.3) is 21.5 Å².